The molecule has 2 atom stereocenters. The van der Waals surface area contributed by atoms with E-state index in [1.54, 1.807) is 15.5 Å². The minimum atomic E-state index is -0.394. The lowest BCUT2D eigenvalue weighted by Crippen LogP contribution is -2.49. The number of fused-ring (bicyclic) bond motifs is 1. The second-order valence-corrected chi connectivity index (χ2v) is 7.94. The zero-order valence-electron chi connectivity index (χ0n) is 15.2. The molecule has 1 aliphatic heterocycles. The number of morpholine rings is 1. The number of amides is 1. The van der Waals surface area contributed by atoms with Crippen molar-refractivity contribution in [3.8, 4) is 0 Å². The Morgan fingerprint density at radius 1 is 1.26 bits per heavy atom. The minimum absolute atomic E-state index is 0.0653. The van der Waals surface area contributed by atoms with Crippen LogP contribution in [0.1, 0.15) is 36.0 Å². The summed E-state index contributed by atoms with van der Waals surface area (Å²) in [7, 11) is 0. The molecule has 2 aromatic heterocycles. The number of aromatic nitrogens is 2. The van der Waals surface area contributed by atoms with E-state index in [1.807, 2.05) is 35.7 Å². The molecule has 0 aliphatic carbocycles. The molecule has 0 radical (unpaired) electrons. The van der Waals surface area contributed by atoms with Gasteiger partial charge in [0.25, 0.3) is 11.5 Å². The van der Waals surface area contributed by atoms with Gasteiger partial charge in [-0.1, -0.05) is 44.2 Å². The fourth-order valence-electron chi connectivity index (χ4n) is 3.35. The molecule has 3 aromatic rings. The Morgan fingerprint density at radius 2 is 2.04 bits per heavy atom. The standard InChI is InChI=1S/C20H21N3O3S/c1-13(2)16-11-22(12-17(26-16)14-6-4-3-5-7-14)19(25)15-10-18(24)21-20-23(15)8-9-27-20/h3-10,13,16-17H,11-12H2,1-2H3/t16-,17+/m1/s1. The van der Waals surface area contributed by atoms with E-state index in [2.05, 4.69) is 18.8 Å². The van der Waals surface area contributed by atoms with Crippen molar-refractivity contribution in [1.29, 1.82) is 0 Å². The third kappa shape index (κ3) is 3.52. The van der Waals surface area contributed by atoms with E-state index in [4.69, 9.17) is 4.74 Å². The first-order valence-electron chi connectivity index (χ1n) is 8.99. The van der Waals surface area contributed by atoms with Crippen molar-refractivity contribution < 1.29 is 9.53 Å². The molecule has 7 heteroatoms. The second-order valence-electron chi connectivity index (χ2n) is 7.06. The van der Waals surface area contributed by atoms with Crippen LogP contribution in [0.4, 0.5) is 0 Å². The topological polar surface area (TPSA) is 63.9 Å². The zero-order chi connectivity index (χ0) is 19.0. The molecule has 140 valence electrons. The highest BCUT2D eigenvalue weighted by Gasteiger charge is 2.34. The van der Waals surface area contributed by atoms with Crippen LogP contribution in [0.5, 0.6) is 0 Å². The number of benzene rings is 1. The average Bonchev–Trinajstić information content (AvgIpc) is 3.15. The van der Waals surface area contributed by atoms with Crippen LogP contribution in [-0.4, -0.2) is 39.4 Å². The molecule has 0 spiro atoms. The van der Waals surface area contributed by atoms with E-state index in [9.17, 15) is 9.59 Å². The van der Waals surface area contributed by atoms with Gasteiger partial charge in [0.1, 0.15) is 11.8 Å². The molecule has 3 heterocycles. The molecule has 1 saturated heterocycles. The molecule has 0 N–H and O–H groups in total. The highest BCUT2D eigenvalue weighted by Crippen LogP contribution is 2.29. The number of rotatable bonds is 3. The van der Waals surface area contributed by atoms with Gasteiger partial charge in [-0.2, -0.15) is 4.98 Å². The maximum Gasteiger partial charge on any atom is 0.274 e. The minimum Gasteiger partial charge on any atom is -0.366 e. The summed E-state index contributed by atoms with van der Waals surface area (Å²) in [6.07, 6.45) is 1.52. The van der Waals surface area contributed by atoms with Crippen molar-refractivity contribution in [3.05, 3.63) is 69.6 Å². The van der Waals surface area contributed by atoms with Crippen LogP contribution in [-0.2, 0) is 4.74 Å². The maximum absolute atomic E-state index is 13.3. The third-order valence-electron chi connectivity index (χ3n) is 4.86. The number of nitrogens with zero attached hydrogens (tertiary/aromatic N) is 3. The lowest BCUT2D eigenvalue weighted by Gasteiger charge is -2.40. The summed E-state index contributed by atoms with van der Waals surface area (Å²) in [5, 5.41) is 1.82. The first-order valence-corrected chi connectivity index (χ1v) is 9.87. The SMILES string of the molecule is CC(C)[C@H]1CN(C(=O)c2cc(=O)nc3sccn23)C[C@@H](c2ccccc2)O1. The highest BCUT2D eigenvalue weighted by atomic mass is 32.1. The highest BCUT2D eigenvalue weighted by molar-refractivity contribution is 7.15. The maximum atomic E-state index is 13.3. The van der Waals surface area contributed by atoms with Crippen LogP contribution in [0.2, 0.25) is 0 Å². The van der Waals surface area contributed by atoms with Crippen LogP contribution >= 0.6 is 11.3 Å². The summed E-state index contributed by atoms with van der Waals surface area (Å²) in [4.78, 5) is 31.5. The molecule has 6 nitrogen and oxygen atoms in total. The van der Waals surface area contributed by atoms with Crippen molar-refractivity contribution in [1.82, 2.24) is 14.3 Å². The number of carbonyl (C=O) groups excluding carboxylic acids is 1. The van der Waals surface area contributed by atoms with Gasteiger partial charge in [-0.25, -0.2) is 0 Å². The first kappa shape index (κ1) is 17.9. The van der Waals surface area contributed by atoms with Crippen molar-refractivity contribution in [2.75, 3.05) is 13.1 Å². The Kier molecular flexibility index (Phi) is 4.80. The van der Waals surface area contributed by atoms with Crippen LogP contribution in [0.25, 0.3) is 4.96 Å². The van der Waals surface area contributed by atoms with Gasteiger partial charge < -0.3 is 9.64 Å². The van der Waals surface area contributed by atoms with Gasteiger partial charge in [0.2, 0.25) is 0 Å². The van der Waals surface area contributed by atoms with Crippen LogP contribution in [0, 0.1) is 5.92 Å². The second kappa shape index (κ2) is 7.25. The van der Waals surface area contributed by atoms with E-state index >= 15 is 0 Å². The Labute approximate surface area is 161 Å². The van der Waals surface area contributed by atoms with Crippen LogP contribution in [0.3, 0.4) is 0 Å². The van der Waals surface area contributed by atoms with Gasteiger partial charge >= 0.3 is 0 Å². The first-order chi connectivity index (χ1) is 13.0. The van der Waals surface area contributed by atoms with Gasteiger partial charge in [0, 0.05) is 24.2 Å². The quantitative estimate of drug-likeness (QED) is 0.697. The number of thiazole rings is 1. The lowest BCUT2D eigenvalue weighted by atomic mass is 10.0. The molecule has 1 aliphatic rings. The zero-order valence-corrected chi connectivity index (χ0v) is 16.1. The number of hydrogen-bond donors (Lipinski definition) is 0. The summed E-state index contributed by atoms with van der Waals surface area (Å²) in [5.41, 5.74) is 1.00. The summed E-state index contributed by atoms with van der Waals surface area (Å²) in [5.74, 6) is 0.103. The van der Waals surface area contributed by atoms with E-state index in [0.717, 1.165) is 5.56 Å². The third-order valence-corrected chi connectivity index (χ3v) is 5.62. The predicted octanol–water partition coefficient (Wildman–Crippen LogP) is 2.99. The van der Waals surface area contributed by atoms with Gasteiger partial charge in [-0.15, -0.1) is 11.3 Å². The van der Waals surface area contributed by atoms with Gasteiger partial charge in [0.15, 0.2) is 4.96 Å². The van der Waals surface area contributed by atoms with Crippen molar-refractivity contribution >= 4 is 22.2 Å². The van der Waals surface area contributed by atoms with Gasteiger partial charge in [-0.05, 0) is 11.5 Å². The van der Waals surface area contributed by atoms with E-state index < -0.39 is 5.56 Å². The van der Waals surface area contributed by atoms with E-state index in [1.165, 1.54) is 17.4 Å². The molecular weight excluding hydrogens is 362 g/mol. The Bertz CT molecular complexity index is 1010. The molecule has 1 aromatic carbocycles. The summed E-state index contributed by atoms with van der Waals surface area (Å²) in [6.45, 7) is 5.14. The Morgan fingerprint density at radius 3 is 2.78 bits per heavy atom. The summed E-state index contributed by atoms with van der Waals surface area (Å²) in [6, 6.07) is 11.3. The number of carbonyl (C=O) groups is 1. The van der Waals surface area contributed by atoms with Crippen molar-refractivity contribution in [2.24, 2.45) is 5.92 Å². The smallest absolute Gasteiger partial charge is 0.274 e. The molecule has 27 heavy (non-hydrogen) atoms. The molecular formula is C20H21N3O3S. The fraction of sp³-hybridized carbons (Fsp3) is 0.350. The average molecular weight is 383 g/mol. The van der Waals surface area contributed by atoms with Crippen molar-refractivity contribution in [2.45, 2.75) is 26.1 Å². The van der Waals surface area contributed by atoms with Crippen LogP contribution in [0.15, 0.2) is 52.8 Å². The summed E-state index contributed by atoms with van der Waals surface area (Å²) < 4.78 is 7.96. The normalized spacial score (nSPS) is 20.3. The molecule has 4 rings (SSSR count). The molecule has 1 amide bonds. The molecule has 1 fully saturated rings. The summed E-state index contributed by atoms with van der Waals surface area (Å²) >= 11 is 1.34. The predicted molar refractivity (Wildman–Crippen MR) is 104 cm³/mol. The molecule has 0 bridgehead atoms. The van der Waals surface area contributed by atoms with Crippen molar-refractivity contribution in [3.63, 3.8) is 0 Å². The van der Waals surface area contributed by atoms with E-state index in [0.29, 0.717) is 23.7 Å². The molecule has 0 unspecified atom stereocenters. The molecule has 0 saturated carbocycles. The Balaban J connectivity index is 1.69. The number of ether oxygens (including phenoxy) is 1. The largest absolute Gasteiger partial charge is 0.366 e. The van der Waals surface area contributed by atoms with E-state index in [-0.39, 0.29) is 24.0 Å². The number of hydrogen-bond acceptors (Lipinski definition) is 5. The monoisotopic (exact) mass is 383 g/mol. The van der Waals surface area contributed by atoms with Gasteiger partial charge in [-0.3, -0.25) is 14.0 Å². The van der Waals surface area contributed by atoms with Crippen LogP contribution < -0.4 is 5.56 Å². The Hall–Kier alpha value is -2.51. The fourth-order valence-corrected chi connectivity index (χ4v) is 4.07. The lowest BCUT2D eigenvalue weighted by molar-refractivity contribution is -0.0955. The van der Waals surface area contributed by atoms with Gasteiger partial charge in [0.05, 0.1) is 12.6 Å².